The van der Waals surface area contributed by atoms with Crippen molar-refractivity contribution in [3.05, 3.63) is 25.9 Å². The van der Waals surface area contributed by atoms with Crippen molar-refractivity contribution >= 4 is 35.2 Å². The zero-order valence-electron chi connectivity index (χ0n) is 9.61. The summed E-state index contributed by atoms with van der Waals surface area (Å²) in [6.45, 7) is 4.73. The van der Waals surface area contributed by atoms with Gasteiger partial charge in [0.2, 0.25) is 0 Å². The Kier molecular flexibility index (Phi) is 5.82. The standard InChI is InChI=1S/C11H17IN2OS/c1-3-4-9(6-16)5-14-7-13-8(2)10(12)11(14)15/h7,9,16H,3-6H2,1-2H3. The number of thiol groups is 1. The molecule has 0 aliphatic heterocycles. The number of aryl methyl sites for hydroxylation is 1. The maximum Gasteiger partial charge on any atom is 0.267 e. The van der Waals surface area contributed by atoms with Gasteiger partial charge in [0.25, 0.3) is 5.56 Å². The summed E-state index contributed by atoms with van der Waals surface area (Å²) in [5.41, 5.74) is 0.871. The summed E-state index contributed by atoms with van der Waals surface area (Å²) in [7, 11) is 0. The Morgan fingerprint density at radius 1 is 1.62 bits per heavy atom. The number of hydrogen-bond acceptors (Lipinski definition) is 3. The topological polar surface area (TPSA) is 34.9 Å². The smallest absolute Gasteiger partial charge is 0.267 e. The van der Waals surface area contributed by atoms with Gasteiger partial charge in [0.05, 0.1) is 15.6 Å². The van der Waals surface area contributed by atoms with Crippen LogP contribution in [0.2, 0.25) is 0 Å². The van der Waals surface area contributed by atoms with E-state index in [4.69, 9.17) is 0 Å². The van der Waals surface area contributed by atoms with Crippen LogP contribution in [0.25, 0.3) is 0 Å². The Bertz CT molecular complexity index is 405. The molecule has 1 rings (SSSR count). The van der Waals surface area contributed by atoms with Gasteiger partial charge < -0.3 is 0 Å². The van der Waals surface area contributed by atoms with Crippen LogP contribution in [0.5, 0.6) is 0 Å². The SMILES string of the molecule is CCCC(CS)Cn1cnc(C)c(I)c1=O. The minimum absolute atomic E-state index is 0.0657. The van der Waals surface area contributed by atoms with Gasteiger partial charge in [-0.05, 0) is 47.6 Å². The quantitative estimate of drug-likeness (QED) is 0.653. The van der Waals surface area contributed by atoms with Gasteiger partial charge in [-0.1, -0.05) is 13.3 Å². The molecule has 0 aromatic carbocycles. The molecule has 0 fully saturated rings. The second-order valence-electron chi connectivity index (χ2n) is 3.94. The summed E-state index contributed by atoms with van der Waals surface area (Å²) < 4.78 is 2.42. The van der Waals surface area contributed by atoms with Crippen molar-refractivity contribution in [2.75, 3.05) is 5.75 Å². The summed E-state index contributed by atoms with van der Waals surface area (Å²) in [5.74, 6) is 1.26. The fourth-order valence-corrected chi connectivity index (χ4v) is 2.35. The average molecular weight is 352 g/mol. The van der Waals surface area contributed by atoms with E-state index >= 15 is 0 Å². The van der Waals surface area contributed by atoms with E-state index < -0.39 is 0 Å². The van der Waals surface area contributed by atoms with Crippen LogP contribution in [0, 0.1) is 16.4 Å². The molecule has 90 valence electrons. The Hall–Kier alpha value is -0.0400. The lowest BCUT2D eigenvalue weighted by Crippen LogP contribution is -2.27. The lowest BCUT2D eigenvalue weighted by Gasteiger charge is -2.15. The first-order valence-electron chi connectivity index (χ1n) is 5.42. The molecule has 1 atom stereocenters. The first-order valence-corrected chi connectivity index (χ1v) is 7.13. The second kappa shape index (κ2) is 6.64. The molecule has 1 heterocycles. The van der Waals surface area contributed by atoms with Crippen molar-refractivity contribution in [1.82, 2.24) is 9.55 Å². The maximum atomic E-state index is 11.9. The minimum Gasteiger partial charge on any atom is -0.298 e. The van der Waals surface area contributed by atoms with Gasteiger partial charge in [0.1, 0.15) is 0 Å². The van der Waals surface area contributed by atoms with E-state index in [2.05, 4.69) is 47.1 Å². The predicted octanol–water partition coefficient (Wildman–Crippen LogP) is 2.50. The lowest BCUT2D eigenvalue weighted by molar-refractivity contribution is 0.441. The van der Waals surface area contributed by atoms with E-state index in [1.165, 1.54) is 0 Å². The largest absolute Gasteiger partial charge is 0.298 e. The van der Waals surface area contributed by atoms with Crippen molar-refractivity contribution in [1.29, 1.82) is 0 Å². The first-order chi connectivity index (χ1) is 7.60. The van der Waals surface area contributed by atoms with Crippen molar-refractivity contribution in [2.45, 2.75) is 33.2 Å². The number of halogens is 1. The molecule has 16 heavy (non-hydrogen) atoms. The molecule has 1 aromatic rings. The summed E-state index contributed by atoms with van der Waals surface area (Å²) in [6.07, 6.45) is 3.86. The summed E-state index contributed by atoms with van der Waals surface area (Å²) in [4.78, 5) is 16.2. The lowest BCUT2D eigenvalue weighted by atomic mass is 10.1. The van der Waals surface area contributed by atoms with Crippen LogP contribution >= 0.6 is 35.2 Å². The second-order valence-corrected chi connectivity index (χ2v) is 5.38. The molecule has 0 spiro atoms. The third-order valence-electron chi connectivity index (χ3n) is 2.57. The van der Waals surface area contributed by atoms with Gasteiger partial charge in [-0.3, -0.25) is 9.36 Å². The monoisotopic (exact) mass is 352 g/mol. The number of nitrogens with zero attached hydrogens (tertiary/aromatic N) is 2. The minimum atomic E-state index is 0.0657. The third kappa shape index (κ3) is 3.48. The van der Waals surface area contributed by atoms with Crippen LogP contribution in [-0.2, 0) is 6.54 Å². The zero-order valence-corrected chi connectivity index (χ0v) is 12.7. The molecule has 1 unspecified atom stereocenters. The van der Waals surface area contributed by atoms with Gasteiger partial charge in [0.15, 0.2) is 0 Å². The first kappa shape index (κ1) is 14.0. The molecule has 0 aliphatic rings. The molecule has 0 N–H and O–H groups in total. The maximum absolute atomic E-state index is 11.9. The fraction of sp³-hybridized carbons (Fsp3) is 0.636. The normalized spacial score (nSPS) is 12.8. The van der Waals surface area contributed by atoms with Gasteiger partial charge in [0, 0.05) is 6.54 Å². The number of aromatic nitrogens is 2. The molecule has 1 aromatic heterocycles. The molecule has 0 radical (unpaired) electrons. The highest BCUT2D eigenvalue weighted by atomic mass is 127. The molecular formula is C11H17IN2OS. The van der Waals surface area contributed by atoms with Crippen LogP contribution in [-0.4, -0.2) is 15.3 Å². The molecule has 3 nitrogen and oxygen atoms in total. The summed E-state index contributed by atoms with van der Waals surface area (Å²) in [5, 5.41) is 0. The van der Waals surface area contributed by atoms with Crippen LogP contribution in [0.15, 0.2) is 11.1 Å². The van der Waals surface area contributed by atoms with E-state index in [1.54, 1.807) is 10.9 Å². The van der Waals surface area contributed by atoms with E-state index in [9.17, 15) is 4.79 Å². The van der Waals surface area contributed by atoms with Gasteiger partial charge in [-0.15, -0.1) is 0 Å². The van der Waals surface area contributed by atoms with Crippen LogP contribution in [0.1, 0.15) is 25.5 Å². The van der Waals surface area contributed by atoms with E-state index in [1.807, 2.05) is 6.92 Å². The van der Waals surface area contributed by atoms with E-state index in [0.717, 1.165) is 34.4 Å². The molecular weight excluding hydrogens is 335 g/mol. The predicted molar refractivity (Wildman–Crippen MR) is 78.2 cm³/mol. The Morgan fingerprint density at radius 2 is 2.31 bits per heavy atom. The van der Waals surface area contributed by atoms with Crippen LogP contribution < -0.4 is 5.56 Å². The Morgan fingerprint density at radius 3 is 2.88 bits per heavy atom. The fourth-order valence-electron chi connectivity index (χ4n) is 1.60. The van der Waals surface area contributed by atoms with E-state index in [0.29, 0.717) is 5.92 Å². The highest BCUT2D eigenvalue weighted by Gasteiger charge is 2.10. The molecule has 0 aliphatic carbocycles. The van der Waals surface area contributed by atoms with Crippen molar-refractivity contribution < 1.29 is 0 Å². The van der Waals surface area contributed by atoms with Crippen molar-refractivity contribution in [3.8, 4) is 0 Å². The van der Waals surface area contributed by atoms with Gasteiger partial charge in [-0.2, -0.15) is 12.6 Å². The summed E-state index contributed by atoms with van der Waals surface area (Å²) in [6, 6.07) is 0. The molecule has 0 amide bonds. The zero-order chi connectivity index (χ0) is 12.1. The molecule has 5 heteroatoms. The van der Waals surface area contributed by atoms with Crippen molar-refractivity contribution in [2.24, 2.45) is 5.92 Å². The van der Waals surface area contributed by atoms with Crippen LogP contribution in [0.3, 0.4) is 0 Å². The summed E-state index contributed by atoms with van der Waals surface area (Å²) >= 11 is 6.38. The number of hydrogen-bond donors (Lipinski definition) is 1. The highest BCUT2D eigenvalue weighted by Crippen LogP contribution is 2.11. The van der Waals surface area contributed by atoms with E-state index in [-0.39, 0.29) is 5.56 Å². The average Bonchev–Trinajstić information content (AvgIpc) is 2.29. The van der Waals surface area contributed by atoms with Gasteiger partial charge in [-0.25, -0.2) is 4.98 Å². The van der Waals surface area contributed by atoms with Crippen molar-refractivity contribution in [3.63, 3.8) is 0 Å². The molecule has 0 saturated heterocycles. The molecule has 0 bridgehead atoms. The van der Waals surface area contributed by atoms with Crippen LogP contribution in [0.4, 0.5) is 0 Å². The highest BCUT2D eigenvalue weighted by molar-refractivity contribution is 14.1. The third-order valence-corrected chi connectivity index (χ3v) is 4.33. The van der Waals surface area contributed by atoms with Gasteiger partial charge >= 0.3 is 0 Å². The Labute approximate surface area is 115 Å². The molecule has 0 saturated carbocycles. The number of rotatable bonds is 5. The Balaban J connectivity index is 2.89.